The predicted octanol–water partition coefficient (Wildman–Crippen LogP) is 2.79. The molecule has 3 aliphatic rings. The molecule has 5 N–H and O–H groups in total. The summed E-state index contributed by atoms with van der Waals surface area (Å²) in [5.41, 5.74) is 8.45. The van der Waals surface area contributed by atoms with Gasteiger partial charge < -0.3 is 25.4 Å². The average Bonchev–Trinajstić information content (AvgIpc) is 3.57. The summed E-state index contributed by atoms with van der Waals surface area (Å²) in [4.78, 5) is 50.0. The highest BCUT2D eigenvalue weighted by atomic mass is 19.1. The fourth-order valence-electron chi connectivity index (χ4n) is 5.63. The molecule has 3 atom stereocenters. The van der Waals surface area contributed by atoms with Crippen LogP contribution in [0.15, 0.2) is 47.6 Å². The summed E-state index contributed by atoms with van der Waals surface area (Å²) in [6.07, 6.45) is 10.4. The number of hydrogen-bond acceptors (Lipinski definition) is 9. The molecule has 2 heterocycles. The minimum absolute atomic E-state index is 0.0441. The predicted molar refractivity (Wildman–Crippen MR) is 185 cm³/mol. The highest BCUT2D eigenvalue weighted by Crippen LogP contribution is 2.30. The van der Waals surface area contributed by atoms with Crippen LogP contribution in [0, 0.1) is 17.7 Å². The monoisotopic (exact) mass is 680 g/mol. The second kappa shape index (κ2) is 18.3. The number of halogens is 1. The number of amides is 4. The molecule has 49 heavy (non-hydrogen) atoms. The topological polar surface area (TPSA) is 155 Å². The molecule has 0 bridgehead atoms. The largest absolute Gasteiger partial charge is 0.494 e. The number of nitrogens with zero attached hydrogens (tertiary/aromatic N) is 2. The first-order valence-corrected chi connectivity index (χ1v) is 16.4. The van der Waals surface area contributed by atoms with Crippen LogP contribution in [0.25, 0.3) is 0 Å². The molecule has 13 heteroatoms. The van der Waals surface area contributed by atoms with Gasteiger partial charge in [-0.2, -0.15) is 0 Å². The third-order valence-corrected chi connectivity index (χ3v) is 8.16. The van der Waals surface area contributed by atoms with Crippen LogP contribution in [0.2, 0.25) is 0 Å². The first kappa shape index (κ1) is 38.9. The van der Waals surface area contributed by atoms with Crippen molar-refractivity contribution in [2.45, 2.75) is 77.2 Å². The Bertz CT molecular complexity index is 1520. The van der Waals surface area contributed by atoms with Crippen molar-refractivity contribution in [1.29, 1.82) is 0 Å². The Kier molecular flexibility index (Phi) is 14.5. The molecule has 1 aromatic carbocycles. The zero-order valence-corrected chi connectivity index (χ0v) is 29.2. The van der Waals surface area contributed by atoms with E-state index in [4.69, 9.17) is 15.2 Å². The van der Waals surface area contributed by atoms with Crippen molar-refractivity contribution in [3.05, 3.63) is 64.5 Å². The first-order chi connectivity index (χ1) is 23.3. The van der Waals surface area contributed by atoms with E-state index in [1.807, 2.05) is 45.9 Å². The van der Waals surface area contributed by atoms with Gasteiger partial charge in [-0.25, -0.2) is 9.18 Å². The molecule has 1 aromatic rings. The van der Waals surface area contributed by atoms with Crippen molar-refractivity contribution >= 4 is 24.3 Å². The second-order valence-electron chi connectivity index (χ2n) is 12.8. The maximum absolute atomic E-state index is 13.8. The Morgan fingerprint density at radius 3 is 2.61 bits per heavy atom. The minimum atomic E-state index is -0.769. The molecular formula is C36H49FN6O6. The molecule has 0 aromatic heterocycles. The number of allylic oxidation sites excluding steroid dienone is 5. The Hall–Kier alpha value is -4.51. The van der Waals surface area contributed by atoms with Crippen molar-refractivity contribution in [2.24, 2.45) is 5.73 Å². The van der Waals surface area contributed by atoms with Gasteiger partial charge in [0.15, 0.2) is 11.6 Å². The second-order valence-corrected chi connectivity index (χ2v) is 12.8. The van der Waals surface area contributed by atoms with Gasteiger partial charge >= 0.3 is 6.09 Å². The van der Waals surface area contributed by atoms with E-state index < -0.39 is 23.4 Å². The van der Waals surface area contributed by atoms with E-state index in [0.29, 0.717) is 26.0 Å². The summed E-state index contributed by atoms with van der Waals surface area (Å²) >= 11 is 0. The normalized spacial score (nSPS) is 18.3. The number of carbonyl (C=O) groups excluding carboxylic acids is 4. The average molecular weight is 681 g/mol. The Morgan fingerprint density at radius 1 is 1.22 bits per heavy atom. The van der Waals surface area contributed by atoms with E-state index in [1.165, 1.54) is 7.11 Å². The quantitative estimate of drug-likeness (QED) is 0.216. The van der Waals surface area contributed by atoms with Crippen LogP contribution < -0.4 is 26.4 Å². The van der Waals surface area contributed by atoms with Gasteiger partial charge in [-0.05, 0) is 71.7 Å². The number of fused-ring (bicyclic) bond motifs is 1. The van der Waals surface area contributed by atoms with Gasteiger partial charge in [-0.15, -0.1) is 0 Å². The number of imide groups is 1. The molecule has 0 saturated carbocycles. The molecule has 266 valence electrons. The van der Waals surface area contributed by atoms with Crippen LogP contribution in [0.1, 0.15) is 62.9 Å². The number of benzene rings is 1. The van der Waals surface area contributed by atoms with E-state index in [-0.39, 0.29) is 35.4 Å². The number of carbonyl (C=O) groups is 4. The van der Waals surface area contributed by atoms with E-state index in [2.05, 4.69) is 38.8 Å². The molecule has 1 saturated heterocycles. The van der Waals surface area contributed by atoms with E-state index >= 15 is 0 Å². The van der Waals surface area contributed by atoms with Crippen molar-refractivity contribution in [3.8, 4) is 17.6 Å². The molecule has 1 fully saturated rings. The lowest BCUT2D eigenvalue weighted by molar-refractivity contribution is -0.125. The standard InChI is InChI=1S/C25H37N5O4.C11H12FNO2/c1-25(2,3)34-24(33)29-20-12-13-30(16-20)21(15-26)14-19-7-5-6-18(8-9-19)10-11-22(27-4)23(32)28-17-31;1-3-13-6-7-4-5-8(15-2)10(12)9(7)11(13)14/h6-9,17,20-22,27H,5,12-16,26H2,1-4H3,(H,29,33)(H,28,31,32);4-5H,3,6H2,1-2H3. The van der Waals surface area contributed by atoms with Crippen LogP contribution >= 0.6 is 0 Å². The van der Waals surface area contributed by atoms with Crippen molar-refractivity contribution in [2.75, 3.05) is 40.3 Å². The molecule has 12 nitrogen and oxygen atoms in total. The minimum Gasteiger partial charge on any atom is -0.494 e. The van der Waals surface area contributed by atoms with Gasteiger partial charge in [0.05, 0.1) is 12.7 Å². The Balaban J connectivity index is 0.000000357. The number of alkyl carbamates (subject to hydrolysis) is 1. The number of likely N-dealkylation sites (N-methyl/N-ethyl adjacent to an activating group) is 1. The van der Waals surface area contributed by atoms with Gasteiger partial charge in [0.2, 0.25) is 6.41 Å². The van der Waals surface area contributed by atoms with Gasteiger partial charge in [0, 0.05) is 50.4 Å². The number of rotatable bonds is 10. The summed E-state index contributed by atoms with van der Waals surface area (Å²) < 4.78 is 24.0. The maximum atomic E-state index is 13.8. The van der Waals surface area contributed by atoms with Crippen LogP contribution in [-0.4, -0.2) is 98.2 Å². The Labute approximate surface area is 288 Å². The highest BCUT2D eigenvalue weighted by Gasteiger charge is 2.32. The third kappa shape index (κ3) is 11.3. The molecule has 0 radical (unpaired) electrons. The third-order valence-electron chi connectivity index (χ3n) is 8.16. The SMILES string of the molecule is CCN1Cc2ccc(OC)c(F)c2C1=O.CNC(C#CC1=CCC=C(CC(CN)N2CCC(NC(=O)OC(C)(C)C)C2)C=C1)C(=O)NC=O. The lowest BCUT2D eigenvalue weighted by Crippen LogP contribution is -2.44. The number of nitrogens with one attached hydrogen (secondary N) is 3. The van der Waals surface area contributed by atoms with Crippen LogP contribution in [0.3, 0.4) is 0 Å². The molecular weight excluding hydrogens is 631 g/mol. The zero-order chi connectivity index (χ0) is 36.1. The van der Waals surface area contributed by atoms with E-state index in [0.717, 1.165) is 49.1 Å². The Morgan fingerprint density at radius 2 is 1.98 bits per heavy atom. The van der Waals surface area contributed by atoms with E-state index in [1.54, 1.807) is 24.1 Å². The molecule has 2 aliphatic heterocycles. The molecule has 1 aliphatic carbocycles. The van der Waals surface area contributed by atoms with Crippen molar-refractivity contribution in [1.82, 2.24) is 25.8 Å². The molecule has 4 amide bonds. The highest BCUT2D eigenvalue weighted by molar-refractivity contribution is 5.99. The van der Waals surface area contributed by atoms with Crippen LogP contribution in [0.5, 0.6) is 5.75 Å². The van der Waals surface area contributed by atoms with Gasteiger partial charge in [0.1, 0.15) is 11.6 Å². The van der Waals surface area contributed by atoms with Crippen molar-refractivity contribution < 1.29 is 33.0 Å². The number of hydrogen-bond donors (Lipinski definition) is 4. The van der Waals surface area contributed by atoms with Crippen LogP contribution in [0.4, 0.5) is 9.18 Å². The first-order valence-electron chi connectivity index (χ1n) is 16.4. The summed E-state index contributed by atoms with van der Waals surface area (Å²) in [7, 11) is 3.00. The molecule has 3 unspecified atom stereocenters. The molecule has 0 spiro atoms. The van der Waals surface area contributed by atoms with Gasteiger partial charge in [-0.3, -0.25) is 29.9 Å². The van der Waals surface area contributed by atoms with Crippen molar-refractivity contribution in [3.63, 3.8) is 0 Å². The zero-order valence-electron chi connectivity index (χ0n) is 29.2. The fraction of sp³-hybridized carbons (Fsp3) is 0.500. The summed E-state index contributed by atoms with van der Waals surface area (Å²) in [5, 5.41) is 7.84. The lowest BCUT2D eigenvalue weighted by Gasteiger charge is -2.27. The number of likely N-dealkylation sites (tertiary alicyclic amines) is 1. The summed E-state index contributed by atoms with van der Waals surface area (Å²) in [6, 6.07) is 2.73. The lowest BCUT2D eigenvalue weighted by atomic mass is 10.0. The number of ether oxygens (including phenoxy) is 2. The summed E-state index contributed by atoms with van der Waals surface area (Å²) in [6.45, 7) is 10.6. The van der Waals surface area contributed by atoms with Gasteiger partial charge in [-0.1, -0.05) is 41.7 Å². The van der Waals surface area contributed by atoms with E-state index in [9.17, 15) is 23.6 Å². The molecule has 4 rings (SSSR count). The number of nitrogens with two attached hydrogens (primary N) is 1. The number of methoxy groups -OCH3 is 1. The fourth-order valence-corrected chi connectivity index (χ4v) is 5.63. The van der Waals surface area contributed by atoms with Crippen LogP contribution in [-0.2, 0) is 20.9 Å². The smallest absolute Gasteiger partial charge is 0.407 e. The maximum Gasteiger partial charge on any atom is 0.407 e. The summed E-state index contributed by atoms with van der Waals surface area (Å²) in [5.74, 6) is 4.69. The van der Waals surface area contributed by atoms with Gasteiger partial charge in [0.25, 0.3) is 11.8 Å².